The third kappa shape index (κ3) is 2.50. The molecule has 2 aromatic heterocycles. The maximum atomic E-state index is 6.05. The molecule has 2 heterocycles. The molecular weight excluding hydrogens is 216 g/mol. The number of hydrogen-bond donors (Lipinski definition) is 1. The molecule has 2 N–H and O–H groups in total. The quantitative estimate of drug-likeness (QED) is 0.858. The van der Waals surface area contributed by atoms with Crippen LogP contribution in [0, 0.1) is 5.41 Å². The topological polar surface area (TPSA) is 77.8 Å². The lowest BCUT2D eigenvalue weighted by Crippen LogP contribution is -2.26. The van der Waals surface area contributed by atoms with Gasteiger partial charge in [-0.25, -0.2) is 0 Å². The summed E-state index contributed by atoms with van der Waals surface area (Å²) in [5.41, 5.74) is 6.82. The molecular formula is C12H16N4O. The first-order chi connectivity index (χ1) is 7.98. The first kappa shape index (κ1) is 11.7. The number of nitrogens with two attached hydrogens (primary N) is 1. The summed E-state index contributed by atoms with van der Waals surface area (Å²) in [5.74, 6) is 1.01. The highest BCUT2D eigenvalue weighted by Crippen LogP contribution is 2.30. The van der Waals surface area contributed by atoms with Crippen molar-refractivity contribution >= 4 is 0 Å². The second-order valence-corrected chi connectivity index (χ2v) is 5.04. The number of pyridine rings is 1. The van der Waals surface area contributed by atoms with Gasteiger partial charge >= 0.3 is 0 Å². The normalized spacial score (nSPS) is 13.6. The van der Waals surface area contributed by atoms with E-state index in [4.69, 9.17) is 10.3 Å². The number of nitrogens with zero attached hydrogens (tertiary/aromatic N) is 3. The minimum Gasteiger partial charge on any atom is -0.337 e. The molecule has 0 bridgehead atoms. The molecule has 0 unspecified atom stereocenters. The zero-order chi connectivity index (χ0) is 12.5. The lowest BCUT2D eigenvalue weighted by molar-refractivity contribution is 0.253. The Morgan fingerprint density at radius 3 is 2.47 bits per heavy atom. The Balaban J connectivity index is 2.28. The van der Waals surface area contributed by atoms with Crippen LogP contribution >= 0.6 is 0 Å². The Morgan fingerprint density at radius 1 is 1.24 bits per heavy atom. The molecule has 0 aromatic carbocycles. The van der Waals surface area contributed by atoms with Gasteiger partial charge in [-0.15, -0.1) is 0 Å². The SMILES string of the molecule is CC(C)(C)[C@@H](N)c1nc(-c2ccncc2)no1. The zero-order valence-corrected chi connectivity index (χ0v) is 10.2. The lowest BCUT2D eigenvalue weighted by Gasteiger charge is -2.23. The third-order valence-corrected chi connectivity index (χ3v) is 2.58. The van der Waals surface area contributed by atoms with Gasteiger partial charge < -0.3 is 10.3 Å². The predicted octanol–water partition coefficient (Wildman–Crippen LogP) is 2.18. The molecule has 0 saturated carbocycles. The van der Waals surface area contributed by atoms with Gasteiger partial charge in [-0.3, -0.25) is 4.98 Å². The Kier molecular flexibility index (Phi) is 2.93. The van der Waals surface area contributed by atoms with Crippen molar-refractivity contribution in [1.82, 2.24) is 15.1 Å². The second kappa shape index (κ2) is 4.25. The monoisotopic (exact) mass is 232 g/mol. The van der Waals surface area contributed by atoms with Crippen LogP contribution in [-0.4, -0.2) is 15.1 Å². The lowest BCUT2D eigenvalue weighted by atomic mass is 9.87. The van der Waals surface area contributed by atoms with Crippen LogP contribution in [0.15, 0.2) is 29.0 Å². The van der Waals surface area contributed by atoms with Crippen molar-refractivity contribution in [1.29, 1.82) is 0 Å². The fraction of sp³-hybridized carbons (Fsp3) is 0.417. The summed E-state index contributed by atoms with van der Waals surface area (Å²) in [6, 6.07) is 3.39. The molecule has 0 fully saturated rings. The summed E-state index contributed by atoms with van der Waals surface area (Å²) in [7, 11) is 0. The summed E-state index contributed by atoms with van der Waals surface area (Å²) in [6.07, 6.45) is 3.38. The van der Waals surface area contributed by atoms with E-state index in [1.54, 1.807) is 12.4 Å². The molecule has 17 heavy (non-hydrogen) atoms. The highest BCUT2D eigenvalue weighted by molar-refractivity contribution is 5.52. The van der Waals surface area contributed by atoms with Crippen molar-refractivity contribution in [2.45, 2.75) is 26.8 Å². The molecule has 5 heteroatoms. The Labute approximate surface area is 100 Å². The summed E-state index contributed by atoms with van der Waals surface area (Å²) in [4.78, 5) is 8.26. The summed E-state index contributed by atoms with van der Waals surface area (Å²) >= 11 is 0. The highest BCUT2D eigenvalue weighted by Gasteiger charge is 2.27. The van der Waals surface area contributed by atoms with Crippen molar-refractivity contribution in [3.05, 3.63) is 30.4 Å². The van der Waals surface area contributed by atoms with Crippen LogP contribution in [0.2, 0.25) is 0 Å². The van der Waals surface area contributed by atoms with Crippen molar-refractivity contribution in [2.75, 3.05) is 0 Å². The minimum atomic E-state index is -0.273. The van der Waals surface area contributed by atoms with Gasteiger partial charge in [0.2, 0.25) is 11.7 Å². The molecule has 90 valence electrons. The second-order valence-electron chi connectivity index (χ2n) is 5.04. The van der Waals surface area contributed by atoms with Crippen LogP contribution in [-0.2, 0) is 0 Å². The molecule has 0 spiro atoms. The van der Waals surface area contributed by atoms with Crippen molar-refractivity contribution < 1.29 is 4.52 Å². The number of hydrogen-bond acceptors (Lipinski definition) is 5. The van der Waals surface area contributed by atoms with Gasteiger partial charge in [0.1, 0.15) is 0 Å². The summed E-state index contributed by atoms with van der Waals surface area (Å²) in [5, 5.41) is 3.93. The third-order valence-electron chi connectivity index (χ3n) is 2.58. The van der Waals surface area contributed by atoms with Crippen LogP contribution in [0.3, 0.4) is 0 Å². The molecule has 5 nitrogen and oxygen atoms in total. The largest absolute Gasteiger partial charge is 0.337 e. The van der Waals surface area contributed by atoms with Gasteiger partial charge in [0.25, 0.3) is 0 Å². The summed E-state index contributed by atoms with van der Waals surface area (Å²) in [6.45, 7) is 6.11. The molecule has 1 atom stereocenters. The van der Waals surface area contributed by atoms with Gasteiger partial charge in [-0.1, -0.05) is 25.9 Å². The van der Waals surface area contributed by atoms with Crippen molar-refractivity contribution in [2.24, 2.45) is 11.1 Å². The van der Waals surface area contributed by atoms with Gasteiger partial charge in [-0.2, -0.15) is 4.98 Å². The van der Waals surface area contributed by atoms with Gasteiger partial charge in [0.05, 0.1) is 6.04 Å². The zero-order valence-electron chi connectivity index (χ0n) is 10.2. The van der Waals surface area contributed by atoms with Gasteiger partial charge in [0.15, 0.2) is 0 Å². The van der Waals surface area contributed by atoms with E-state index >= 15 is 0 Å². The Hall–Kier alpha value is -1.75. The fourth-order valence-electron chi connectivity index (χ4n) is 1.35. The van der Waals surface area contributed by atoms with Crippen LogP contribution in [0.1, 0.15) is 32.7 Å². The van der Waals surface area contributed by atoms with Crippen LogP contribution in [0.5, 0.6) is 0 Å². The summed E-state index contributed by atoms with van der Waals surface area (Å²) < 4.78 is 5.20. The minimum absolute atomic E-state index is 0.109. The number of aromatic nitrogens is 3. The number of rotatable bonds is 2. The van der Waals surface area contributed by atoms with E-state index in [0.717, 1.165) is 5.56 Å². The fourth-order valence-corrected chi connectivity index (χ4v) is 1.35. The van der Waals surface area contributed by atoms with E-state index in [-0.39, 0.29) is 11.5 Å². The van der Waals surface area contributed by atoms with E-state index in [9.17, 15) is 0 Å². The Bertz CT molecular complexity index is 487. The van der Waals surface area contributed by atoms with E-state index in [0.29, 0.717) is 11.7 Å². The van der Waals surface area contributed by atoms with Gasteiger partial charge in [-0.05, 0) is 17.5 Å². The van der Waals surface area contributed by atoms with Crippen LogP contribution in [0.4, 0.5) is 0 Å². The molecule has 2 rings (SSSR count). The van der Waals surface area contributed by atoms with Crippen LogP contribution < -0.4 is 5.73 Å². The van der Waals surface area contributed by atoms with Crippen molar-refractivity contribution in [3.8, 4) is 11.4 Å². The van der Waals surface area contributed by atoms with E-state index < -0.39 is 0 Å². The van der Waals surface area contributed by atoms with Crippen LogP contribution in [0.25, 0.3) is 11.4 Å². The maximum Gasteiger partial charge on any atom is 0.244 e. The standard InChI is InChI=1S/C12H16N4O/c1-12(2,3)9(13)11-15-10(16-17-11)8-4-6-14-7-5-8/h4-7,9H,13H2,1-3H3/t9-/m0/s1. The average molecular weight is 232 g/mol. The smallest absolute Gasteiger partial charge is 0.244 e. The van der Waals surface area contributed by atoms with Crippen molar-refractivity contribution in [3.63, 3.8) is 0 Å². The van der Waals surface area contributed by atoms with Gasteiger partial charge in [0, 0.05) is 18.0 Å². The molecule has 0 saturated heterocycles. The van der Waals surface area contributed by atoms with E-state index in [1.807, 2.05) is 32.9 Å². The molecule has 0 aliphatic carbocycles. The van der Waals surface area contributed by atoms with E-state index in [1.165, 1.54) is 0 Å². The average Bonchev–Trinajstić information content (AvgIpc) is 2.77. The molecule has 0 aliphatic heterocycles. The molecule has 0 radical (unpaired) electrons. The maximum absolute atomic E-state index is 6.05. The Morgan fingerprint density at radius 2 is 1.88 bits per heavy atom. The highest BCUT2D eigenvalue weighted by atomic mass is 16.5. The molecule has 2 aromatic rings. The molecule has 0 aliphatic rings. The molecule has 0 amide bonds. The first-order valence-electron chi connectivity index (χ1n) is 5.48. The van der Waals surface area contributed by atoms with E-state index in [2.05, 4.69) is 15.1 Å². The predicted molar refractivity (Wildman–Crippen MR) is 63.9 cm³/mol. The first-order valence-corrected chi connectivity index (χ1v) is 5.48.